The Hall–Kier alpha value is -2.99. The van der Waals surface area contributed by atoms with E-state index in [2.05, 4.69) is 10.4 Å². The van der Waals surface area contributed by atoms with Crippen molar-refractivity contribution in [2.75, 3.05) is 5.32 Å². The molecule has 32 heavy (non-hydrogen) atoms. The van der Waals surface area contributed by atoms with Crippen molar-refractivity contribution in [1.82, 2.24) is 9.78 Å². The molecule has 3 aromatic carbocycles. The molecule has 1 aromatic heterocycles. The third-order valence-electron chi connectivity index (χ3n) is 4.59. The molecule has 0 unspecified atom stereocenters. The lowest BCUT2D eigenvalue weighted by Gasteiger charge is -2.09. The van der Waals surface area contributed by atoms with Crippen LogP contribution < -0.4 is 10.1 Å². The van der Waals surface area contributed by atoms with Gasteiger partial charge in [0, 0.05) is 27.9 Å². The number of carbonyl (C=O) groups excluding carboxylic acids is 1. The normalized spacial score (nSPS) is 10.7. The van der Waals surface area contributed by atoms with Gasteiger partial charge in [0.25, 0.3) is 5.91 Å². The zero-order valence-electron chi connectivity index (χ0n) is 16.8. The summed E-state index contributed by atoms with van der Waals surface area (Å²) < 4.78 is 7.49. The Morgan fingerprint density at radius 2 is 1.69 bits per heavy atom. The van der Waals surface area contributed by atoms with Gasteiger partial charge in [0.2, 0.25) is 0 Å². The molecular weight excluding hydrogens is 469 g/mol. The van der Waals surface area contributed by atoms with Crippen LogP contribution in [-0.4, -0.2) is 15.7 Å². The number of rotatable bonds is 7. The Balaban J connectivity index is 1.38. The molecule has 0 spiro atoms. The minimum atomic E-state index is -0.260. The van der Waals surface area contributed by atoms with Crippen LogP contribution in [0.4, 0.5) is 5.82 Å². The fourth-order valence-corrected chi connectivity index (χ4v) is 3.76. The van der Waals surface area contributed by atoms with E-state index < -0.39 is 0 Å². The average Bonchev–Trinajstić information content (AvgIpc) is 3.20. The smallest absolute Gasteiger partial charge is 0.256 e. The van der Waals surface area contributed by atoms with Crippen molar-refractivity contribution in [3.8, 4) is 5.75 Å². The Bertz CT molecular complexity index is 1260. The zero-order valence-corrected chi connectivity index (χ0v) is 19.0. The zero-order chi connectivity index (χ0) is 22.5. The third-order valence-corrected chi connectivity index (χ3v) is 5.36. The number of halogens is 3. The van der Waals surface area contributed by atoms with Gasteiger partial charge in [0.15, 0.2) is 5.82 Å². The highest BCUT2D eigenvalue weighted by Gasteiger charge is 2.10. The summed E-state index contributed by atoms with van der Waals surface area (Å²) in [6.07, 6.45) is 1.80. The molecule has 162 valence electrons. The van der Waals surface area contributed by atoms with Gasteiger partial charge in [-0.15, -0.1) is 0 Å². The fraction of sp³-hybridized carbons (Fsp3) is 0.0833. The highest BCUT2D eigenvalue weighted by Crippen LogP contribution is 2.28. The van der Waals surface area contributed by atoms with Crippen molar-refractivity contribution in [1.29, 1.82) is 0 Å². The molecule has 4 aromatic rings. The van der Waals surface area contributed by atoms with E-state index in [9.17, 15) is 4.79 Å². The number of nitrogens with one attached hydrogen (secondary N) is 1. The molecule has 5 nitrogen and oxygen atoms in total. The first kappa shape index (κ1) is 22.2. The lowest BCUT2D eigenvalue weighted by Crippen LogP contribution is -2.13. The first-order valence-electron chi connectivity index (χ1n) is 9.72. The van der Waals surface area contributed by atoms with Gasteiger partial charge in [-0.3, -0.25) is 9.48 Å². The van der Waals surface area contributed by atoms with E-state index in [4.69, 9.17) is 39.5 Å². The number of carbonyl (C=O) groups is 1. The molecule has 1 amide bonds. The van der Waals surface area contributed by atoms with Crippen molar-refractivity contribution in [3.63, 3.8) is 0 Å². The molecule has 0 bridgehead atoms. The minimum absolute atomic E-state index is 0.260. The van der Waals surface area contributed by atoms with E-state index in [1.165, 1.54) is 0 Å². The lowest BCUT2D eigenvalue weighted by molar-refractivity contribution is 0.102. The van der Waals surface area contributed by atoms with E-state index in [-0.39, 0.29) is 12.5 Å². The van der Waals surface area contributed by atoms with Gasteiger partial charge in [-0.2, -0.15) is 5.10 Å². The lowest BCUT2D eigenvalue weighted by atomic mass is 10.1. The second-order valence-electron chi connectivity index (χ2n) is 7.05. The second-order valence-corrected chi connectivity index (χ2v) is 8.33. The summed E-state index contributed by atoms with van der Waals surface area (Å²) in [4.78, 5) is 12.7. The standard InChI is InChI=1S/C24H18Cl3N3O2/c25-19-6-2-3-16(12-19)14-30-10-9-23(29-30)28-24(31)18-5-1-4-17(11-18)15-32-22-8-7-20(26)13-21(22)27/h1-13H,14-15H2,(H,28,29,31). The van der Waals surface area contributed by atoms with Crippen LogP contribution in [0.2, 0.25) is 15.1 Å². The quantitative estimate of drug-likeness (QED) is 0.315. The first-order chi connectivity index (χ1) is 15.5. The van der Waals surface area contributed by atoms with Crippen LogP contribution in [0.1, 0.15) is 21.5 Å². The van der Waals surface area contributed by atoms with E-state index in [0.717, 1.165) is 11.1 Å². The summed E-state index contributed by atoms with van der Waals surface area (Å²) in [6, 6.07) is 21.5. The van der Waals surface area contributed by atoms with E-state index in [0.29, 0.717) is 38.7 Å². The number of benzene rings is 3. The molecule has 8 heteroatoms. The number of nitrogens with zero attached hydrogens (tertiary/aromatic N) is 2. The Morgan fingerprint density at radius 1 is 0.906 bits per heavy atom. The molecule has 0 aliphatic rings. The first-order valence-corrected chi connectivity index (χ1v) is 10.9. The summed E-state index contributed by atoms with van der Waals surface area (Å²) in [5, 5.41) is 8.87. The number of ether oxygens (including phenoxy) is 1. The van der Waals surface area contributed by atoms with Crippen molar-refractivity contribution >= 4 is 46.5 Å². The van der Waals surface area contributed by atoms with Crippen LogP contribution in [0.3, 0.4) is 0 Å². The van der Waals surface area contributed by atoms with Crippen molar-refractivity contribution in [2.24, 2.45) is 0 Å². The van der Waals surface area contributed by atoms with E-state index in [1.807, 2.05) is 30.3 Å². The number of aromatic nitrogens is 2. The minimum Gasteiger partial charge on any atom is -0.487 e. The topological polar surface area (TPSA) is 56.2 Å². The fourth-order valence-electron chi connectivity index (χ4n) is 3.08. The van der Waals surface area contributed by atoms with Crippen molar-refractivity contribution < 1.29 is 9.53 Å². The summed E-state index contributed by atoms with van der Waals surface area (Å²) >= 11 is 18.1. The van der Waals surface area contributed by atoms with Gasteiger partial charge in [0.05, 0.1) is 11.6 Å². The van der Waals surface area contributed by atoms with Crippen LogP contribution in [0.25, 0.3) is 0 Å². The molecule has 1 heterocycles. The third kappa shape index (κ3) is 5.82. The number of amides is 1. The van der Waals surface area contributed by atoms with Crippen molar-refractivity contribution in [2.45, 2.75) is 13.2 Å². The van der Waals surface area contributed by atoms with Crippen molar-refractivity contribution in [3.05, 3.63) is 111 Å². The molecule has 4 rings (SSSR count). The van der Waals surface area contributed by atoms with E-state index in [1.54, 1.807) is 53.3 Å². The molecular formula is C24H18Cl3N3O2. The van der Waals surface area contributed by atoms with Gasteiger partial charge >= 0.3 is 0 Å². The number of hydrogen-bond donors (Lipinski definition) is 1. The van der Waals surface area contributed by atoms with Gasteiger partial charge in [-0.1, -0.05) is 59.1 Å². The molecule has 0 aliphatic carbocycles. The van der Waals surface area contributed by atoms with Crippen LogP contribution in [0, 0.1) is 0 Å². The monoisotopic (exact) mass is 485 g/mol. The molecule has 1 N–H and O–H groups in total. The number of hydrogen-bond acceptors (Lipinski definition) is 3. The van der Waals surface area contributed by atoms with Gasteiger partial charge in [0.1, 0.15) is 12.4 Å². The Morgan fingerprint density at radius 3 is 2.50 bits per heavy atom. The predicted molar refractivity (Wildman–Crippen MR) is 128 cm³/mol. The van der Waals surface area contributed by atoms with E-state index >= 15 is 0 Å². The molecule has 0 radical (unpaired) electrons. The van der Waals surface area contributed by atoms with Crippen LogP contribution >= 0.6 is 34.8 Å². The number of anilines is 1. The molecule has 0 saturated carbocycles. The van der Waals surface area contributed by atoms with Gasteiger partial charge in [-0.25, -0.2) is 0 Å². The predicted octanol–water partition coefficient (Wildman–Crippen LogP) is 6.72. The Labute approximate surface area is 200 Å². The maximum absolute atomic E-state index is 12.7. The molecule has 0 atom stereocenters. The second kappa shape index (κ2) is 10.1. The average molecular weight is 487 g/mol. The SMILES string of the molecule is O=C(Nc1ccn(Cc2cccc(Cl)c2)n1)c1cccc(COc2ccc(Cl)cc2Cl)c1. The maximum Gasteiger partial charge on any atom is 0.256 e. The maximum atomic E-state index is 12.7. The highest BCUT2D eigenvalue weighted by molar-refractivity contribution is 6.35. The van der Waals surface area contributed by atoms with Crippen LogP contribution in [0.5, 0.6) is 5.75 Å². The largest absolute Gasteiger partial charge is 0.487 e. The van der Waals surface area contributed by atoms with Crippen LogP contribution in [0.15, 0.2) is 79.0 Å². The molecule has 0 saturated heterocycles. The van der Waals surface area contributed by atoms with Gasteiger partial charge in [-0.05, 0) is 53.6 Å². The summed E-state index contributed by atoms with van der Waals surface area (Å²) in [7, 11) is 0. The summed E-state index contributed by atoms with van der Waals surface area (Å²) in [6.45, 7) is 0.813. The summed E-state index contributed by atoms with van der Waals surface area (Å²) in [5.41, 5.74) is 2.35. The summed E-state index contributed by atoms with van der Waals surface area (Å²) in [5.74, 6) is 0.729. The van der Waals surface area contributed by atoms with Gasteiger partial charge < -0.3 is 10.1 Å². The highest BCUT2D eigenvalue weighted by atomic mass is 35.5. The van der Waals surface area contributed by atoms with Crippen LogP contribution in [-0.2, 0) is 13.2 Å². The Kier molecular flexibility index (Phi) is 7.00. The molecule has 0 aliphatic heterocycles. The molecule has 0 fully saturated rings.